The van der Waals surface area contributed by atoms with Crippen molar-refractivity contribution in [2.45, 2.75) is 25.8 Å². The molecular formula is C15H18ClN3OS. The number of nitrogens with one attached hydrogen (secondary N) is 1. The molecule has 1 unspecified atom stereocenters. The molecule has 0 spiro atoms. The number of hydrogen-bond acceptors (Lipinski definition) is 4. The van der Waals surface area contributed by atoms with Gasteiger partial charge in [-0.2, -0.15) is 0 Å². The van der Waals surface area contributed by atoms with Gasteiger partial charge >= 0.3 is 0 Å². The maximum atomic E-state index is 12.3. The fourth-order valence-electron chi connectivity index (χ4n) is 2.03. The third-order valence-corrected chi connectivity index (χ3v) is 4.25. The van der Waals surface area contributed by atoms with Gasteiger partial charge in [-0.15, -0.1) is 11.3 Å². The molecule has 0 saturated heterocycles. The van der Waals surface area contributed by atoms with Crippen LogP contribution < -0.4 is 11.1 Å². The number of carbonyl (C=O) groups is 1. The quantitative estimate of drug-likeness (QED) is 0.858. The first-order chi connectivity index (χ1) is 10.1. The zero-order valence-electron chi connectivity index (χ0n) is 11.8. The zero-order valence-corrected chi connectivity index (χ0v) is 13.4. The molecule has 0 fully saturated rings. The van der Waals surface area contributed by atoms with Gasteiger partial charge in [0.1, 0.15) is 5.69 Å². The second-order valence-electron chi connectivity index (χ2n) is 4.65. The Labute approximate surface area is 133 Å². The predicted molar refractivity (Wildman–Crippen MR) is 86.8 cm³/mol. The molecule has 0 aliphatic heterocycles. The highest BCUT2D eigenvalue weighted by Crippen LogP contribution is 2.21. The van der Waals surface area contributed by atoms with E-state index in [1.165, 1.54) is 11.3 Å². The summed E-state index contributed by atoms with van der Waals surface area (Å²) in [6, 6.07) is 7.46. The Hall–Kier alpha value is -1.43. The van der Waals surface area contributed by atoms with E-state index in [1.54, 1.807) is 5.38 Å². The van der Waals surface area contributed by atoms with Crippen molar-refractivity contribution in [3.05, 3.63) is 50.9 Å². The maximum absolute atomic E-state index is 12.3. The molecule has 1 atom stereocenters. The molecule has 1 amide bonds. The number of amides is 1. The van der Waals surface area contributed by atoms with Crippen molar-refractivity contribution in [3.63, 3.8) is 0 Å². The number of rotatable bonds is 6. The monoisotopic (exact) mass is 323 g/mol. The van der Waals surface area contributed by atoms with Crippen LogP contribution in [0.2, 0.25) is 5.02 Å². The van der Waals surface area contributed by atoms with Gasteiger partial charge in [0.05, 0.1) is 11.0 Å². The highest BCUT2D eigenvalue weighted by Gasteiger charge is 2.16. The summed E-state index contributed by atoms with van der Waals surface area (Å²) >= 11 is 7.46. The Bertz CT molecular complexity index is 614. The lowest BCUT2D eigenvalue weighted by molar-refractivity contribution is 0.0931. The second-order valence-corrected chi connectivity index (χ2v) is 6.03. The van der Waals surface area contributed by atoms with Gasteiger partial charge in [0.2, 0.25) is 0 Å². The number of carbonyl (C=O) groups excluding carboxylic acids is 1. The molecule has 1 heterocycles. The minimum absolute atomic E-state index is 0.0733. The summed E-state index contributed by atoms with van der Waals surface area (Å²) in [6.45, 7) is 2.56. The molecular weight excluding hydrogens is 306 g/mol. The van der Waals surface area contributed by atoms with Crippen LogP contribution in [0.5, 0.6) is 0 Å². The van der Waals surface area contributed by atoms with E-state index in [9.17, 15) is 4.79 Å². The molecule has 0 radical (unpaired) electrons. The molecule has 1 aromatic carbocycles. The Balaban J connectivity index is 2.08. The lowest BCUT2D eigenvalue weighted by Gasteiger charge is -2.17. The zero-order chi connectivity index (χ0) is 15.2. The van der Waals surface area contributed by atoms with E-state index in [0.29, 0.717) is 23.7 Å². The Kier molecular flexibility index (Phi) is 5.73. The average molecular weight is 324 g/mol. The van der Waals surface area contributed by atoms with Crippen molar-refractivity contribution >= 4 is 28.8 Å². The van der Waals surface area contributed by atoms with Gasteiger partial charge in [0.15, 0.2) is 0 Å². The fraction of sp³-hybridized carbons (Fsp3) is 0.333. The van der Waals surface area contributed by atoms with Crippen LogP contribution in [-0.2, 0) is 6.42 Å². The summed E-state index contributed by atoms with van der Waals surface area (Å²) in [4.78, 5) is 16.6. The lowest BCUT2D eigenvalue weighted by Crippen LogP contribution is -2.28. The fourth-order valence-corrected chi connectivity index (χ4v) is 3.02. The van der Waals surface area contributed by atoms with Crippen molar-refractivity contribution in [1.82, 2.24) is 10.3 Å². The number of hydrogen-bond donors (Lipinski definition) is 2. The minimum atomic E-state index is -0.165. The maximum Gasteiger partial charge on any atom is 0.271 e. The Morgan fingerprint density at radius 2 is 2.33 bits per heavy atom. The normalized spacial score (nSPS) is 12.1. The third-order valence-electron chi connectivity index (χ3n) is 3.11. The van der Waals surface area contributed by atoms with Crippen LogP contribution in [0.4, 0.5) is 0 Å². The second kappa shape index (κ2) is 7.54. The smallest absolute Gasteiger partial charge is 0.271 e. The molecule has 6 heteroatoms. The largest absolute Gasteiger partial charge is 0.344 e. The number of nitrogens with zero attached hydrogens (tertiary/aromatic N) is 1. The Morgan fingerprint density at radius 1 is 1.52 bits per heavy atom. The van der Waals surface area contributed by atoms with Gasteiger partial charge in [-0.05, 0) is 30.7 Å². The summed E-state index contributed by atoms with van der Waals surface area (Å²) in [5.41, 5.74) is 6.94. The van der Waals surface area contributed by atoms with Crippen LogP contribution >= 0.6 is 22.9 Å². The minimum Gasteiger partial charge on any atom is -0.344 e. The molecule has 0 saturated carbocycles. The first kappa shape index (κ1) is 15.9. The average Bonchev–Trinajstić information content (AvgIpc) is 2.93. The highest BCUT2D eigenvalue weighted by atomic mass is 35.5. The lowest BCUT2D eigenvalue weighted by atomic mass is 10.0. The molecule has 3 N–H and O–H groups in total. The summed E-state index contributed by atoms with van der Waals surface area (Å²) in [5.74, 6) is -0.165. The van der Waals surface area contributed by atoms with Crippen molar-refractivity contribution in [2.24, 2.45) is 5.73 Å². The van der Waals surface area contributed by atoms with Crippen LogP contribution in [0, 0.1) is 0 Å². The summed E-state index contributed by atoms with van der Waals surface area (Å²) in [7, 11) is 0. The van der Waals surface area contributed by atoms with E-state index in [4.69, 9.17) is 17.3 Å². The number of nitrogens with two attached hydrogens (primary N) is 1. The van der Waals surface area contributed by atoms with E-state index < -0.39 is 0 Å². The van der Waals surface area contributed by atoms with Crippen molar-refractivity contribution in [3.8, 4) is 0 Å². The summed E-state index contributed by atoms with van der Waals surface area (Å²) in [6.07, 6.45) is 1.48. The van der Waals surface area contributed by atoms with Crippen LogP contribution in [0.25, 0.3) is 0 Å². The van der Waals surface area contributed by atoms with Crippen molar-refractivity contribution in [2.75, 3.05) is 6.54 Å². The predicted octanol–water partition coefficient (Wildman–Crippen LogP) is 3.18. The van der Waals surface area contributed by atoms with Gasteiger partial charge < -0.3 is 11.1 Å². The molecule has 4 nitrogen and oxygen atoms in total. The van der Waals surface area contributed by atoms with E-state index in [2.05, 4.69) is 10.3 Å². The number of thiazole rings is 1. The van der Waals surface area contributed by atoms with E-state index in [0.717, 1.165) is 17.0 Å². The molecule has 112 valence electrons. The van der Waals surface area contributed by atoms with Crippen LogP contribution in [0.3, 0.4) is 0 Å². The van der Waals surface area contributed by atoms with Crippen LogP contribution in [0.15, 0.2) is 29.6 Å². The molecule has 0 aliphatic carbocycles. The number of aromatic nitrogens is 1. The van der Waals surface area contributed by atoms with E-state index in [1.807, 2.05) is 31.2 Å². The highest BCUT2D eigenvalue weighted by molar-refractivity contribution is 7.09. The molecule has 0 bridgehead atoms. The molecule has 1 aromatic heterocycles. The number of benzene rings is 1. The SMILES string of the molecule is CCC(NC(=O)c1csc(CCN)n1)c1cccc(Cl)c1. The van der Waals surface area contributed by atoms with Crippen molar-refractivity contribution < 1.29 is 4.79 Å². The summed E-state index contributed by atoms with van der Waals surface area (Å²) in [5, 5.41) is 6.32. The van der Waals surface area contributed by atoms with E-state index >= 15 is 0 Å². The van der Waals surface area contributed by atoms with Crippen molar-refractivity contribution in [1.29, 1.82) is 0 Å². The van der Waals surface area contributed by atoms with Gasteiger partial charge in [-0.25, -0.2) is 4.98 Å². The summed E-state index contributed by atoms with van der Waals surface area (Å²) < 4.78 is 0. The van der Waals surface area contributed by atoms with E-state index in [-0.39, 0.29) is 11.9 Å². The molecule has 0 aliphatic rings. The first-order valence-electron chi connectivity index (χ1n) is 6.84. The molecule has 21 heavy (non-hydrogen) atoms. The number of halogens is 1. The molecule has 2 rings (SSSR count). The molecule has 2 aromatic rings. The van der Waals surface area contributed by atoms with Crippen LogP contribution in [-0.4, -0.2) is 17.4 Å². The van der Waals surface area contributed by atoms with Gasteiger partial charge in [0.25, 0.3) is 5.91 Å². The van der Waals surface area contributed by atoms with Crippen LogP contribution in [0.1, 0.15) is 40.4 Å². The topological polar surface area (TPSA) is 68.0 Å². The van der Waals surface area contributed by atoms with Gasteiger partial charge in [0, 0.05) is 16.8 Å². The van der Waals surface area contributed by atoms with Gasteiger partial charge in [-0.3, -0.25) is 4.79 Å². The third kappa shape index (κ3) is 4.27. The van der Waals surface area contributed by atoms with Gasteiger partial charge in [-0.1, -0.05) is 30.7 Å². The standard InChI is InChI=1S/C15H18ClN3OS/c1-2-12(10-4-3-5-11(16)8-10)19-15(20)13-9-21-14(18-13)6-7-17/h3-5,8-9,12H,2,6-7,17H2,1H3,(H,19,20). The Morgan fingerprint density at radius 3 is 3.00 bits per heavy atom. The first-order valence-corrected chi connectivity index (χ1v) is 8.10.